The van der Waals surface area contributed by atoms with E-state index < -0.39 is 8.56 Å². The Morgan fingerprint density at radius 3 is 2.20 bits per heavy atom. The van der Waals surface area contributed by atoms with E-state index in [0.29, 0.717) is 0 Å². The second-order valence-electron chi connectivity index (χ2n) is 3.39. The summed E-state index contributed by atoms with van der Waals surface area (Å²) in [4.78, 5) is 0. The highest BCUT2D eigenvalue weighted by Gasteiger charge is 2.32. The third-order valence-electron chi connectivity index (χ3n) is 2.62. The van der Waals surface area contributed by atoms with Gasteiger partial charge >= 0.3 is 8.56 Å². The van der Waals surface area contributed by atoms with Gasteiger partial charge in [-0.25, -0.2) is 0 Å². The molecule has 0 radical (unpaired) electrons. The molecule has 1 aromatic rings. The zero-order chi connectivity index (χ0) is 11.1. The van der Waals surface area contributed by atoms with Gasteiger partial charge in [-0.15, -0.1) is 0 Å². The molecule has 15 heavy (non-hydrogen) atoms. The largest absolute Gasteiger partial charge is 0.397 e. The number of nitrogens with one attached hydrogen (secondary N) is 1. The predicted octanol–water partition coefficient (Wildman–Crippen LogP) is 2.39. The van der Waals surface area contributed by atoms with Crippen LogP contribution in [0.25, 0.3) is 0 Å². The fraction of sp³-hybridized carbons (Fsp3) is 0.455. The Morgan fingerprint density at radius 1 is 1.13 bits per heavy atom. The SMILES string of the molecule is CC[Si](CNc1ccccc1)(OC)OC. The number of rotatable bonds is 6. The van der Waals surface area contributed by atoms with E-state index in [4.69, 9.17) is 8.85 Å². The van der Waals surface area contributed by atoms with Crippen molar-refractivity contribution >= 4 is 14.2 Å². The maximum Gasteiger partial charge on any atom is 0.357 e. The molecule has 1 aromatic carbocycles. The summed E-state index contributed by atoms with van der Waals surface area (Å²) in [6.07, 6.45) is 0.778. The van der Waals surface area contributed by atoms with E-state index in [2.05, 4.69) is 12.2 Å². The summed E-state index contributed by atoms with van der Waals surface area (Å²) in [5.41, 5.74) is 1.11. The van der Waals surface area contributed by atoms with Crippen LogP contribution < -0.4 is 5.32 Å². The van der Waals surface area contributed by atoms with Crippen LogP contribution >= 0.6 is 0 Å². The zero-order valence-corrected chi connectivity index (χ0v) is 10.6. The summed E-state index contributed by atoms with van der Waals surface area (Å²) in [6, 6.07) is 11.1. The first-order chi connectivity index (χ1) is 7.26. The van der Waals surface area contributed by atoms with Crippen LogP contribution in [0.15, 0.2) is 30.3 Å². The molecule has 0 spiro atoms. The van der Waals surface area contributed by atoms with Gasteiger partial charge < -0.3 is 14.2 Å². The van der Waals surface area contributed by atoms with Crippen molar-refractivity contribution in [3.8, 4) is 0 Å². The van der Waals surface area contributed by atoms with Gasteiger partial charge in [0, 0.05) is 19.9 Å². The first-order valence-corrected chi connectivity index (χ1v) is 7.38. The fourth-order valence-corrected chi connectivity index (χ4v) is 3.19. The second kappa shape index (κ2) is 5.90. The van der Waals surface area contributed by atoms with Crippen LogP contribution in [0.3, 0.4) is 0 Å². The molecule has 0 heterocycles. The van der Waals surface area contributed by atoms with E-state index >= 15 is 0 Å². The standard InChI is InChI=1S/C11H19NO2Si/c1-4-15(13-2,14-3)10-12-11-8-6-5-7-9-11/h5-9,12H,4,10H2,1-3H3. The van der Waals surface area contributed by atoms with Gasteiger partial charge in [-0.1, -0.05) is 25.1 Å². The van der Waals surface area contributed by atoms with Gasteiger partial charge in [-0.05, 0) is 18.2 Å². The van der Waals surface area contributed by atoms with Crippen molar-refractivity contribution in [2.75, 3.05) is 25.7 Å². The Kier molecular flexibility index (Phi) is 4.81. The molecule has 0 saturated carbocycles. The van der Waals surface area contributed by atoms with E-state index in [1.807, 2.05) is 30.3 Å². The molecule has 3 nitrogen and oxygen atoms in total. The van der Waals surface area contributed by atoms with Crippen molar-refractivity contribution in [3.05, 3.63) is 30.3 Å². The average Bonchev–Trinajstić information content (AvgIpc) is 2.33. The van der Waals surface area contributed by atoms with Crippen molar-refractivity contribution in [3.63, 3.8) is 0 Å². The zero-order valence-electron chi connectivity index (χ0n) is 9.62. The first kappa shape index (κ1) is 12.2. The Hall–Kier alpha value is -0.843. The lowest BCUT2D eigenvalue weighted by atomic mass is 10.3. The van der Waals surface area contributed by atoms with Crippen LogP contribution in [0.2, 0.25) is 6.04 Å². The molecule has 0 fully saturated rings. The normalized spacial score (nSPS) is 11.4. The van der Waals surface area contributed by atoms with Crippen molar-refractivity contribution < 1.29 is 8.85 Å². The van der Waals surface area contributed by atoms with Gasteiger partial charge in [0.05, 0.1) is 6.17 Å². The van der Waals surface area contributed by atoms with Gasteiger partial charge in [0.1, 0.15) is 0 Å². The van der Waals surface area contributed by atoms with Crippen LogP contribution in [-0.2, 0) is 8.85 Å². The summed E-state index contributed by atoms with van der Waals surface area (Å²) in [7, 11) is 1.44. The van der Waals surface area contributed by atoms with E-state index in [1.54, 1.807) is 14.2 Å². The highest BCUT2D eigenvalue weighted by Crippen LogP contribution is 2.13. The molecule has 0 saturated heterocycles. The number of benzene rings is 1. The van der Waals surface area contributed by atoms with Gasteiger partial charge in [0.2, 0.25) is 0 Å². The van der Waals surface area contributed by atoms with E-state index in [0.717, 1.165) is 17.9 Å². The Labute approximate surface area is 92.7 Å². The van der Waals surface area contributed by atoms with Crippen molar-refractivity contribution in [1.82, 2.24) is 0 Å². The molecule has 0 aromatic heterocycles. The predicted molar refractivity (Wildman–Crippen MR) is 65.2 cm³/mol. The summed E-state index contributed by atoms with van der Waals surface area (Å²) in [5, 5.41) is 3.35. The fourth-order valence-electron chi connectivity index (χ4n) is 1.43. The maximum absolute atomic E-state index is 5.51. The number of para-hydroxylation sites is 1. The average molecular weight is 225 g/mol. The molecule has 0 aliphatic rings. The highest BCUT2D eigenvalue weighted by atomic mass is 28.4. The van der Waals surface area contributed by atoms with Crippen molar-refractivity contribution in [1.29, 1.82) is 0 Å². The van der Waals surface area contributed by atoms with Crippen molar-refractivity contribution in [2.24, 2.45) is 0 Å². The molecule has 4 heteroatoms. The number of hydrogen-bond donors (Lipinski definition) is 1. The number of hydrogen-bond acceptors (Lipinski definition) is 3. The van der Waals surface area contributed by atoms with Crippen LogP contribution in [0.1, 0.15) is 6.92 Å². The maximum atomic E-state index is 5.51. The molecule has 84 valence electrons. The van der Waals surface area contributed by atoms with Crippen LogP contribution in [0.5, 0.6) is 0 Å². The summed E-state index contributed by atoms with van der Waals surface area (Å²) in [5.74, 6) is 0. The molecule has 0 unspecified atom stereocenters. The third-order valence-corrected chi connectivity index (χ3v) is 5.90. The van der Waals surface area contributed by atoms with Gasteiger partial charge in [0.25, 0.3) is 0 Å². The van der Waals surface area contributed by atoms with E-state index in [-0.39, 0.29) is 0 Å². The minimum Gasteiger partial charge on any atom is -0.397 e. The monoisotopic (exact) mass is 225 g/mol. The van der Waals surface area contributed by atoms with E-state index in [1.165, 1.54) is 0 Å². The first-order valence-electron chi connectivity index (χ1n) is 5.15. The molecule has 1 N–H and O–H groups in total. The lowest BCUT2D eigenvalue weighted by molar-refractivity contribution is 0.246. The van der Waals surface area contributed by atoms with Crippen LogP contribution in [0.4, 0.5) is 5.69 Å². The minimum absolute atomic E-state index is 0.778. The van der Waals surface area contributed by atoms with Gasteiger partial charge in [-0.2, -0.15) is 0 Å². The Morgan fingerprint density at radius 2 is 1.73 bits per heavy atom. The van der Waals surface area contributed by atoms with Crippen LogP contribution in [0, 0.1) is 0 Å². The Balaban J connectivity index is 2.54. The smallest absolute Gasteiger partial charge is 0.357 e. The van der Waals surface area contributed by atoms with Crippen LogP contribution in [-0.4, -0.2) is 28.9 Å². The molecule has 0 aliphatic heterocycles. The lowest BCUT2D eigenvalue weighted by Crippen LogP contribution is -2.46. The minimum atomic E-state index is -2.01. The summed E-state index contributed by atoms with van der Waals surface area (Å²) >= 11 is 0. The molecule has 1 rings (SSSR count). The topological polar surface area (TPSA) is 30.5 Å². The van der Waals surface area contributed by atoms with Crippen molar-refractivity contribution in [2.45, 2.75) is 13.0 Å². The Bertz CT molecular complexity index is 267. The second-order valence-corrected chi connectivity index (χ2v) is 7.09. The molecule has 0 amide bonds. The quantitative estimate of drug-likeness (QED) is 0.754. The number of anilines is 1. The van der Waals surface area contributed by atoms with Gasteiger partial charge in [-0.3, -0.25) is 0 Å². The molecule has 0 aliphatic carbocycles. The third kappa shape index (κ3) is 3.34. The summed E-state index contributed by atoms with van der Waals surface area (Å²) in [6.45, 7) is 2.10. The lowest BCUT2D eigenvalue weighted by Gasteiger charge is -2.26. The molecule has 0 atom stereocenters. The van der Waals surface area contributed by atoms with Gasteiger partial charge in [0.15, 0.2) is 0 Å². The molecule has 0 bridgehead atoms. The molecular formula is C11H19NO2Si. The van der Waals surface area contributed by atoms with E-state index in [9.17, 15) is 0 Å². The summed E-state index contributed by atoms with van der Waals surface area (Å²) < 4.78 is 11.0. The highest BCUT2D eigenvalue weighted by molar-refractivity contribution is 6.67. The molecular weight excluding hydrogens is 206 g/mol.